The van der Waals surface area contributed by atoms with Gasteiger partial charge in [0.2, 0.25) is 5.76 Å². The zero-order valence-corrected chi connectivity index (χ0v) is 12.8. The summed E-state index contributed by atoms with van der Waals surface area (Å²) < 4.78 is 5.42. The number of rotatable bonds is 3. The second-order valence-electron chi connectivity index (χ2n) is 6.46. The van der Waals surface area contributed by atoms with E-state index >= 15 is 0 Å². The third-order valence-corrected chi connectivity index (χ3v) is 3.86. The molecule has 1 aromatic heterocycles. The van der Waals surface area contributed by atoms with E-state index in [1.165, 1.54) is 0 Å². The number of carboxylic acid groups (broad SMARTS) is 1. The Morgan fingerprint density at radius 2 is 1.90 bits per heavy atom. The summed E-state index contributed by atoms with van der Waals surface area (Å²) in [6.07, 6.45) is 0. The normalized spacial score (nSPS) is 18.4. The maximum absolute atomic E-state index is 11.0. The van der Waals surface area contributed by atoms with E-state index in [2.05, 4.69) is 30.6 Å². The molecule has 1 N–H and O–H groups in total. The maximum atomic E-state index is 11.0. The van der Waals surface area contributed by atoms with Gasteiger partial charge >= 0.3 is 5.97 Å². The zero-order chi connectivity index (χ0) is 14.9. The zero-order valence-electron chi connectivity index (χ0n) is 12.8. The Hall–Kier alpha value is -1.33. The van der Waals surface area contributed by atoms with Crippen LogP contribution in [0.1, 0.15) is 42.6 Å². The Kier molecular flexibility index (Phi) is 4.20. The first-order valence-corrected chi connectivity index (χ1v) is 7.07. The monoisotopic (exact) mass is 280 g/mol. The van der Waals surface area contributed by atoms with Crippen LogP contribution in [0.25, 0.3) is 0 Å². The van der Waals surface area contributed by atoms with Crippen LogP contribution in [0.5, 0.6) is 0 Å². The fraction of sp³-hybridized carbons (Fsp3) is 0.667. The molecule has 1 aromatic rings. The van der Waals surface area contributed by atoms with Crippen molar-refractivity contribution in [2.45, 2.75) is 39.8 Å². The van der Waals surface area contributed by atoms with E-state index in [1.807, 2.05) is 6.07 Å². The van der Waals surface area contributed by atoms with Gasteiger partial charge in [-0.15, -0.1) is 0 Å². The van der Waals surface area contributed by atoms with Gasteiger partial charge in [-0.1, -0.05) is 0 Å². The van der Waals surface area contributed by atoms with Crippen molar-refractivity contribution in [2.24, 2.45) is 0 Å². The van der Waals surface area contributed by atoms with Gasteiger partial charge in [-0.25, -0.2) is 4.79 Å². The Bertz CT molecular complexity index is 480. The summed E-state index contributed by atoms with van der Waals surface area (Å²) >= 11 is 0. The summed E-state index contributed by atoms with van der Waals surface area (Å²) in [5.41, 5.74) is 0.907. The molecule has 0 bridgehead atoms. The fourth-order valence-electron chi connectivity index (χ4n) is 2.64. The summed E-state index contributed by atoms with van der Waals surface area (Å²) in [6, 6.07) is 1.83. The molecule has 0 spiro atoms. The lowest BCUT2D eigenvalue weighted by Crippen LogP contribution is -2.53. The van der Waals surface area contributed by atoms with Crippen molar-refractivity contribution in [1.82, 2.24) is 9.80 Å². The lowest BCUT2D eigenvalue weighted by molar-refractivity contribution is 0.0547. The second-order valence-corrected chi connectivity index (χ2v) is 6.46. The Labute approximate surface area is 120 Å². The molecule has 1 fully saturated rings. The SMILES string of the molecule is Cc1cc(CN2CCN(C(C)(C)C)CC2)oc1C(=O)O. The van der Waals surface area contributed by atoms with Gasteiger partial charge in [-0.05, 0) is 33.8 Å². The number of carbonyl (C=O) groups is 1. The number of nitrogens with zero attached hydrogens (tertiary/aromatic N) is 2. The molecule has 112 valence electrons. The molecule has 1 aliphatic heterocycles. The smallest absolute Gasteiger partial charge is 0.372 e. The van der Waals surface area contributed by atoms with E-state index in [-0.39, 0.29) is 11.3 Å². The first kappa shape index (κ1) is 15.1. The second kappa shape index (κ2) is 5.58. The van der Waals surface area contributed by atoms with Crippen molar-refractivity contribution < 1.29 is 14.3 Å². The van der Waals surface area contributed by atoms with Gasteiger partial charge in [0.25, 0.3) is 0 Å². The van der Waals surface area contributed by atoms with E-state index in [1.54, 1.807) is 6.92 Å². The highest BCUT2D eigenvalue weighted by atomic mass is 16.4. The quantitative estimate of drug-likeness (QED) is 0.920. The lowest BCUT2D eigenvalue weighted by Gasteiger charge is -2.42. The van der Waals surface area contributed by atoms with Gasteiger partial charge in [0.15, 0.2) is 0 Å². The van der Waals surface area contributed by atoms with Gasteiger partial charge in [0, 0.05) is 37.3 Å². The first-order chi connectivity index (χ1) is 9.27. The lowest BCUT2D eigenvalue weighted by atomic mass is 10.0. The van der Waals surface area contributed by atoms with Crippen LogP contribution < -0.4 is 0 Å². The highest BCUT2D eigenvalue weighted by Gasteiger charge is 2.26. The molecule has 2 rings (SSSR count). The maximum Gasteiger partial charge on any atom is 0.372 e. The molecule has 0 saturated carbocycles. The number of furan rings is 1. The summed E-state index contributed by atoms with van der Waals surface area (Å²) in [4.78, 5) is 15.8. The molecule has 1 saturated heterocycles. The third kappa shape index (κ3) is 3.41. The Morgan fingerprint density at radius 3 is 2.35 bits per heavy atom. The standard InChI is InChI=1S/C15H24N2O3/c1-11-9-12(20-13(11)14(18)19)10-16-5-7-17(8-6-16)15(2,3)4/h9H,5-8,10H2,1-4H3,(H,18,19). The molecule has 0 atom stereocenters. The molecule has 20 heavy (non-hydrogen) atoms. The molecule has 1 aliphatic rings. The van der Waals surface area contributed by atoms with Crippen LogP contribution in [0, 0.1) is 6.92 Å². The minimum absolute atomic E-state index is 0.0633. The predicted octanol–water partition coefficient (Wildman–Crippen LogP) is 2.20. The summed E-state index contributed by atoms with van der Waals surface area (Å²) in [5.74, 6) is -0.191. The largest absolute Gasteiger partial charge is 0.475 e. The number of aromatic carboxylic acids is 1. The number of aryl methyl sites for hydroxylation is 1. The third-order valence-electron chi connectivity index (χ3n) is 3.86. The molecule has 0 aromatic carbocycles. The Morgan fingerprint density at radius 1 is 1.30 bits per heavy atom. The van der Waals surface area contributed by atoms with E-state index in [9.17, 15) is 4.79 Å². The molecule has 2 heterocycles. The van der Waals surface area contributed by atoms with Crippen molar-refractivity contribution in [2.75, 3.05) is 26.2 Å². The molecule has 0 radical (unpaired) electrons. The molecule has 0 aliphatic carbocycles. The predicted molar refractivity (Wildman–Crippen MR) is 77.0 cm³/mol. The van der Waals surface area contributed by atoms with Crippen LogP contribution in [0.15, 0.2) is 10.5 Å². The molecular weight excluding hydrogens is 256 g/mol. The first-order valence-electron chi connectivity index (χ1n) is 7.07. The van der Waals surface area contributed by atoms with Crippen molar-refractivity contribution in [3.63, 3.8) is 0 Å². The van der Waals surface area contributed by atoms with Crippen LogP contribution in [0.4, 0.5) is 0 Å². The summed E-state index contributed by atoms with van der Waals surface area (Å²) in [6.45, 7) is 13.2. The van der Waals surface area contributed by atoms with Gasteiger partial charge in [0.1, 0.15) is 5.76 Å². The van der Waals surface area contributed by atoms with Crippen LogP contribution >= 0.6 is 0 Å². The summed E-state index contributed by atoms with van der Waals surface area (Å²) in [7, 11) is 0. The highest BCUT2D eigenvalue weighted by Crippen LogP contribution is 2.19. The van der Waals surface area contributed by atoms with Gasteiger partial charge in [-0.2, -0.15) is 0 Å². The minimum atomic E-state index is -0.994. The average molecular weight is 280 g/mol. The van der Waals surface area contributed by atoms with E-state index in [0.29, 0.717) is 12.1 Å². The topological polar surface area (TPSA) is 56.9 Å². The van der Waals surface area contributed by atoms with Crippen LogP contribution in [0.3, 0.4) is 0 Å². The average Bonchev–Trinajstić information content (AvgIpc) is 2.70. The summed E-state index contributed by atoms with van der Waals surface area (Å²) in [5, 5.41) is 9.00. The van der Waals surface area contributed by atoms with Gasteiger partial charge in [0.05, 0.1) is 6.54 Å². The molecule has 5 nitrogen and oxygen atoms in total. The highest BCUT2D eigenvalue weighted by molar-refractivity contribution is 5.86. The number of carboxylic acids is 1. The fourth-order valence-corrected chi connectivity index (χ4v) is 2.64. The van der Waals surface area contributed by atoms with Crippen molar-refractivity contribution in [3.8, 4) is 0 Å². The van der Waals surface area contributed by atoms with Gasteiger partial charge in [-0.3, -0.25) is 9.80 Å². The molecule has 0 amide bonds. The van der Waals surface area contributed by atoms with Crippen molar-refractivity contribution in [1.29, 1.82) is 0 Å². The molecular formula is C15H24N2O3. The van der Waals surface area contributed by atoms with Crippen LogP contribution in [-0.4, -0.2) is 52.6 Å². The number of hydrogen-bond donors (Lipinski definition) is 1. The van der Waals surface area contributed by atoms with Crippen LogP contribution in [0.2, 0.25) is 0 Å². The number of hydrogen-bond acceptors (Lipinski definition) is 4. The molecule has 0 unspecified atom stereocenters. The number of piperazine rings is 1. The Balaban J connectivity index is 1.93. The molecule has 5 heteroatoms. The van der Waals surface area contributed by atoms with E-state index in [0.717, 1.165) is 31.9 Å². The van der Waals surface area contributed by atoms with Crippen molar-refractivity contribution >= 4 is 5.97 Å². The van der Waals surface area contributed by atoms with E-state index < -0.39 is 5.97 Å². The van der Waals surface area contributed by atoms with Crippen molar-refractivity contribution in [3.05, 3.63) is 23.2 Å². The van der Waals surface area contributed by atoms with Crippen LogP contribution in [-0.2, 0) is 6.54 Å². The van der Waals surface area contributed by atoms with Gasteiger partial charge < -0.3 is 9.52 Å². The van der Waals surface area contributed by atoms with E-state index in [4.69, 9.17) is 9.52 Å². The minimum Gasteiger partial charge on any atom is -0.475 e.